The van der Waals surface area contributed by atoms with Crippen molar-refractivity contribution in [3.05, 3.63) is 11.6 Å². The van der Waals surface area contributed by atoms with Crippen LogP contribution < -0.4 is 5.32 Å². The van der Waals surface area contributed by atoms with Gasteiger partial charge in [-0.1, -0.05) is 19.3 Å². The zero-order chi connectivity index (χ0) is 18.4. The number of methoxy groups -OCH3 is 1. The van der Waals surface area contributed by atoms with Gasteiger partial charge in [-0.05, 0) is 19.8 Å². The predicted octanol–water partition coefficient (Wildman–Crippen LogP) is 1.97. The van der Waals surface area contributed by atoms with Gasteiger partial charge in [-0.2, -0.15) is 11.8 Å². The molecule has 1 aromatic rings. The molecule has 26 heavy (non-hydrogen) atoms. The van der Waals surface area contributed by atoms with E-state index < -0.39 is 0 Å². The molecule has 3 rings (SSSR count). The number of thioether (sulfide) groups is 1. The number of ether oxygens (including phenoxy) is 1. The number of hydrogen-bond acceptors (Lipinski definition) is 5. The fraction of sp³-hybridized carbons (Fsp3) is 0.833. The second kappa shape index (κ2) is 9.08. The summed E-state index contributed by atoms with van der Waals surface area (Å²) in [4.78, 5) is 7.33. The van der Waals surface area contributed by atoms with Crippen LogP contribution in [0, 0.1) is 6.92 Å². The summed E-state index contributed by atoms with van der Waals surface area (Å²) in [7, 11) is 3.72. The van der Waals surface area contributed by atoms with E-state index in [1.165, 1.54) is 37.9 Å². The zero-order valence-corrected chi connectivity index (χ0v) is 17.1. The van der Waals surface area contributed by atoms with Crippen molar-refractivity contribution in [2.45, 2.75) is 50.3 Å². The molecule has 0 aromatic carbocycles. The van der Waals surface area contributed by atoms with Crippen LogP contribution >= 0.6 is 11.8 Å². The summed E-state index contributed by atoms with van der Waals surface area (Å²) in [5, 5.41) is 11.9. The standard InChI is InChI=1S/C18H32N6OS/c1-15-21-22-16(23(15)2)13-20-17(19-9-11-25-3)24-10-12-26-18(14-24)7-5-4-6-8-18/h4-14H2,1-3H3,(H,19,20). The van der Waals surface area contributed by atoms with Crippen molar-refractivity contribution in [1.29, 1.82) is 0 Å². The maximum Gasteiger partial charge on any atom is 0.194 e. The molecule has 1 aliphatic carbocycles. The molecule has 1 N–H and O–H groups in total. The Morgan fingerprint density at radius 3 is 2.81 bits per heavy atom. The van der Waals surface area contributed by atoms with Gasteiger partial charge in [0.05, 0.1) is 6.61 Å². The topological polar surface area (TPSA) is 67.6 Å². The summed E-state index contributed by atoms with van der Waals surface area (Å²) < 4.78 is 7.63. The molecule has 1 aliphatic heterocycles. The van der Waals surface area contributed by atoms with Crippen LogP contribution in [0.25, 0.3) is 0 Å². The smallest absolute Gasteiger partial charge is 0.194 e. The molecule has 7 nitrogen and oxygen atoms in total. The monoisotopic (exact) mass is 380 g/mol. The molecule has 1 spiro atoms. The third-order valence-electron chi connectivity index (χ3n) is 5.46. The number of guanidine groups is 1. The number of nitrogens with one attached hydrogen (secondary N) is 1. The molecule has 2 fully saturated rings. The summed E-state index contributed by atoms with van der Waals surface area (Å²) in [6.45, 7) is 6.09. The van der Waals surface area contributed by atoms with Crippen molar-refractivity contribution in [2.75, 3.05) is 39.1 Å². The molecule has 2 aliphatic rings. The molecule has 1 aromatic heterocycles. The van der Waals surface area contributed by atoms with Crippen LogP contribution in [0.3, 0.4) is 0 Å². The van der Waals surface area contributed by atoms with E-state index in [2.05, 4.69) is 32.2 Å². The molecule has 1 saturated heterocycles. The van der Waals surface area contributed by atoms with Gasteiger partial charge in [-0.25, -0.2) is 4.99 Å². The van der Waals surface area contributed by atoms with E-state index in [1.807, 2.05) is 18.5 Å². The average Bonchev–Trinajstić information content (AvgIpc) is 2.97. The Balaban J connectivity index is 1.71. The number of aromatic nitrogens is 3. The lowest BCUT2D eigenvalue weighted by Crippen LogP contribution is -2.53. The molecule has 0 atom stereocenters. The number of nitrogens with zero attached hydrogens (tertiary/aromatic N) is 5. The summed E-state index contributed by atoms with van der Waals surface area (Å²) in [6, 6.07) is 0. The molecule has 0 amide bonds. The number of aryl methyl sites for hydroxylation is 1. The minimum absolute atomic E-state index is 0.418. The van der Waals surface area contributed by atoms with E-state index in [0.717, 1.165) is 37.2 Å². The molecule has 0 unspecified atom stereocenters. The van der Waals surface area contributed by atoms with E-state index in [0.29, 0.717) is 17.9 Å². The van der Waals surface area contributed by atoms with Gasteiger partial charge in [0.25, 0.3) is 0 Å². The third kappa shape index (κ3) is 4.71. The van der Waals surface area contributed by atoms with E-state index in [4.69, 9.17) is 9.73 Å². The van der Waals surface area contributed by atoms with Crippen LogP contribution in [0.4, 0.5) is 0 Å². The Hall–Kier alpha value is -1.28. The van der Waals surface area contributed by atoms with Gasteiger partial charge in [-0.15, -0.1) is 10.2 Å². The Morgan fingerprint density at radius 2 is 2.12 bits per heavy atom. The van der Waals surface area contributed by atoms with Crippen molar-refractivity contribution < 1.29 is 4.74 Å². The fourth-order valence-corrected chi connectivity index (χ4v) is 5.36. The number of aliphatic imine (C=N–C) groups is 1. The second-order valence-electron chi connectivity index (χ2n) is 7.30. The highest BCUT2D eigenvalue weighted by molar-refractivity contribution is 8.00. The molecular weight excluding hydrogens is 348 g/mol. The predicted molar refractivity (Wildman–Crippen MR) is 107 cm³/mol. The summed E-state index contributed by atoms with van der Waals surface area (Å²) in [5.41, 5.74) is 0. The summed E-state index contributed by atoms with van der Waals surface area (Å²) in [6.07, 6.45) is 6.79. The van der Waals surface area contributed by atoms with Gasteiger partial charge in [0, 0.05) is 44.3 Å². The van der Waals surface area contributed by atoms with Crippen molar-refractivity contribution in [2.24, 2.45) is 12.0 Å². The van der Waals surface area contributed by atoms with Crippen molar-refractivity contribution in [3.63, 3.8) is 0 Å². The number of hydrogen-bond donors (Lipinski definition) is 1. The highest BCUT2D eigenvalue weighted by Crippen LogP contribution is 2.42. The first-order valence-corrected chi connectivity index (χ1v) is 10.6. The maximum absolute atomic E-state index is 5.21. The van der Waals surface area contributed by atoms with Gasteiger partial charge in [-0.3, -0.25) is 0 Å². The first kappa shape index (κ1) is 19.5. The van der Waals surface area contributed by atoms with Crippen LogP contribution in [0.5, 0.6) is 0 Å². The first-order valence-electron chi connectivity index (χ1n) is 9.65. The van der Waals surface area contributed by atoms with Crippen LogP contribution in [-0.2, 0) is 18.3 Å². The lowest BCUT2D eigenvalue weighted by Gasteiger charge is -2.45. The Kier molecular flexibility index (Phi) is 6.80. The van der Waals surface area contributed by atoms with Crippen LogP contribution in [0.1, 0.15) is 43.8 Å². The Morgan fingerprint density at radius 1 is 1.31 bits per heavy atom. The Labute approximate surface area is 161 Å². The molecule has 0 bridgehead atoms. The highest BCUT2D eigenvalue weighted by atomic mass is 32.2. The van der Waals surface area contributed by atoms with Crippen molar-refractivity contribution in [1.82, 2.24) is 25.0 Å². The summed E-state index contributed by atoms with van der Waals surface area (Å²) >= 11 is 2.18. The first-order chi connectivity index (χ1) is 12.6. The number of rotatable bonds is 5. The third-order valence-corrected chi connectivity index (χ3v) is 6.99. The average molecular weight is 381 g/mol. The van der Waals surface area contributed by atoms with E-state index in [1.54, 1.807) is 7.11 Å². The largest absolute Gasteiger partial charge is 0.383 e. The van der Waals surface area contributed by atoms with Crippen LogP contribution in [0.2, 0.25) is 0 Å². The lowest BCUT2D eigenvalue weighted by molar-refractivity contribution is 0.202. The molecule has 2 heterocycles. The van der Waals surface area contributed by atoms with E-state index in [-0.39, 0.29) is 0 Å². The van der Waals surface area contributed by atoms with Gasteiger partial charge < -0.3 is 19.5 Å². The van der Waals surface area contributed by atoms with Gasteiger partial charge in [0.2, 0.25) is 0 Å². The lowest BCUT2D eigenvalue weighted by atomic mass is 9.87. The Bertz CT molecular complexity index is 605. The van der Waals surface area contributed by atoms with Crippen LogP contribution in [-0.4, -0.2) is 69.5 Å². The normalized spacial score (nSPS) is 20.6. The van der Waals surface area contributed by atoms with Gasteiger partial charge >= 0.3 is 0 Å². The second-order valence-corrected chi connectivity index (χ2v) is 8.86. The molecule has 146 valence electrons. The molecular formula is C18H32N6OS. The molecule has 8 heteroatoms. The molecule has 1 saturated carbocycles. The minimum Gasteiger partial charge on any atom is -0.383 e. The quantitative estimate of drug-likeness (QED) is 0.479. The van der Waals surface area contributed by atoms with Crippen LogP contribution in [0.15, 0.2) is 4.99 Å². The summed E-state index contributed by atoms with van der Waals surface area (Å²) in [5.74, 6) is 3.97. The SMILES string of the molecule is COCCNC(=NCc1nnc(C)n1C)N1CCSC2(CCCCC2)C1. The van der Waals surface area contributed by atoms with E-state index >= 15 is 0 Å². The van der Waals surface area contributed by atoms with Crippen molar-refractivity contribution in [3.8, 4) is 0 Å². The highest BCUT2D eigenvalue weighted by Gasteiger charge is 2.38. The van der Waals surface area contributed by atoms with Gasteiger partial charge in [0.15, 0.2) is 11.8 Å². The fourth-order valence-electron chi connectivity index (χ4n) is 3.79. The minimum atomic E-state index is 0.418. The maximum atomic E-state index is 5.21. The van der Waals surface area contributed by atoms with Gasteiger partial charge in [0.1, 0.15) is 12.4 Å². The van der Waals surface area contributed by atoms with Crippen molar-refractivity contribution >= 4 is 17.7 Å². The zero-order valence-electron chi connectivity index (χ0n) is 16.3. The molecule has 0 radical (unpaired) electrons. The van der Waals surface area contributed by atoms with E-state index in [9.17, 15) is 0 Å².